The zero-order valence-corrected chi connectivity index (χ0v) is 9.25. The van der Waals surface area contributed by atoms with Crippen LogP contribution in [0.1, 0.15) is 19.2 Å². The molecule has 0 radical (unpaired) electrons. The Morgan fingerprint density at radius 3 is 3.00 bits per heavy atom. The number of ether oxygens (including phenoxy) is 1. The van der Waals surface area contributed by atoms with Gasteiger partial charge in [0.25, 0.3) is 0 Å². The second-order valence-corrected chi connectivity index (χ2v) is 3.01. The largest absolute Gasteiger partial charge is 0.407 e. The lowest BCUT2D eigenvalue weighted by atomic mass is 10.4. The molecular weight excluding hydrogens is 196 g/mol. The van der Waals surface area contributed by atoms with Crippen molar-refractivity contribution in [2.45, 2.75) is 19.9 Å². The molecule has 0 fully saturated rings. The van der Waals surface area contributed by atoms with E-state index in [4.69, 9.17) is 9.15 Å². The summed E-state index contributed by atoms with van der Waals surface area (Å²) in [6.45, 7) is 4.86. The van der Waals surface area contributed by atoms with Crippen molar-refractivity contribution in [1.29, 1.82) is 0 Å². The molecule has 0 bridgehead atoms. The fraction of sp³-hybridized carbons (Fsp3) is 0.778. The van der Waals surface area contributed by atoms with Crippen molar-refractivity contribution in [2.24, 2.45) is 0 Å². The minimum absolute atomic E-state index is 0.469. The summed E-state index contributed by atoms with van der Waals surface area (Å²) in [5.41, 5.74) is 0. The number of aromatic nitrogens is 2. The Morgan fingerprint density at radius 2 is 2.27 bits per heavy atom. The van der Waals surface area contributed by atoms with Crippen molar-refractivity contribution < 1.29 is 9.15 Å². The summed E-state index contributed by atoms with van der Waals surface area (Å²) < 4.78 is 10.5. The molecule has 0 aliphatic rings. The van der Waals surface area contributed by atoms with Gasteiger partial charge in [-0.15, -0.1) is 5.10 Å². The maximum Gasteiger partial charge on any atom is 0.315 e. The first-order valence-electron chi connectivity index (χ1n) is 5.15. The molecule has 1 aromatic rings. The monoisotopic (exact) mass is 214 g/mol. The van der Waals surface area contributed by atoms with Gasteiger partial charge >= 0.3 is 6.01 Å². The van der Waals surface area contributed by atoms with Crippen LogP contribution in [0.25, 0.3) is 0 Å². The molecule has 0 aliphatic carbocycles. The first-order chi connectivity index (χ1) is 7.36. The third-order valence-electron chi connectivity index (χ3n) is 1.74. The van der Waals surface area contributed by atoms with Crippen molar-refractivity contribution in [3.05, 3.63) is 5.89 Å². The zero-order valence-electron chi connectivity index (χ0n) is 9.25. The van der Waals surface area contributed by atoms with Gasteiger partial charge in [-0.1, -0.05) is 5.10 Å². The zero-order chi connectivity index (χ0) is 10.9. The van der Waals surface area contributed by atoms with Gasteiger partial charge < -0.3 is 19.8 Å². The fourth-order valence-corrected chi connectivity index (χ4v) is 1.06. The SMILES string of the molecule is CCOCCCNc1nnc(CNC)o1. The van der Waals surface area contributed by atoms with Crippen LogP contribution in [0.3, 0.4) is 0 Å². The summed E-state index contributed by atoms with van der Waals surface area (Å²) in [5.74, 6) is 0.588. The molecule has 0 aliphatic heterocycles. The minimum Gasteiger partial charge on any atom is -0.407 e. The Bertz CT molecular complexity index is 264. The average molecular weight is 214 g/mol. The third kappa shape index (κ3) is 4.75. The Kier molecular flexibility index (Phi) is 5.72. The van der Waals surface area contributed by atoms with Crippen LogP contribution in [0.2, 0.25) is 0 Å². The molecule has 0 saturated carbocycles. The van der Waals surface area contributed by atoms with Gasteiger partial charge in [-0.3, -0.25) is 0 Å². The first kappa shape index (κ1) is 11.9. The van der Waals surface area contributed by atoms with Crippen LogP contribution in [-0.2, 0) is 11.3 Å². The topological polar surface area (TPSA) is 72.2 Å². The molecule has 86 valence electrons. The molecule has 0 aromatic carbocycles. The van der Waals surface area contributed by atoms with Crippen LogP contribution in [0.15, 0.2) is 4.42 Å². The van der Waals surface area contributed by atoms with Crippen LogP contribution in [0.4, 0.5) is 6.01 Å². The highest BCUT2D eigenvalue weighted by Gasteiger charge is 2.03. The molecule has 0 saturated heterocycles. The van der Waals surface area contributed by atoms with Crippen LogP contribution in [0, 0.1) is 0 Å². The predicted molar refractivity (Wildman–Crippen MR) is 56.7 cm³/mol. The van der Waals surface area contributed by atoms with Crippen LogP contribution >= 0.6 is 0 Å². The molecular formula is C9H18N4O2. The third-order valence-corrected chi connectivity index (χ3v) is 1.74. The standard InChI is InChI=1S/C9H18N4O2/c1-3-14-6-4-5-11-9-13-12-8(15-9)7-10-2/h10H,3-7H2,1-2H3,(H,11,13). The molecule has 1 rings (SSSR count). The number of nitrogens with one attached hydrogen (secondary N) is 2. The van der Waals surface area contributed by atoms with E-state index >= 15 is 0 Å². The van der Waals surface area contributed by atoms with E-state index < -0.39 is 0 Å². The van der Waals surface area contributed by atoms with E-state index in [0.717, 1.165) is 26.2 Å². The highest BCUT2D eigenvalue weighted by molar-refractivity contribution is 5.16. The van der Waals surface area contributed by atoms with E-state index in [1.54, 1.807) is 0 Å². The maximum atomic E-state index is 5.29. The molecule has 1 aromatic heterocycles. The molecule has 0 amide bonds. The summed E-state index contributed by atoms with van der Waals surface area (Å²) in [6, 6.07) is 0.469. The number of rotatable bonds is 8. The summed E-state index contributed by atoms with van der Waals surface area (Å²) in [7, 11) is 1.83. The molecule has 0 spiro atoms. The molecule has 0 atom stereocenters. The Morgan fingerprint density at radius 1 is 1.40 bits per heavy atom. The Hall–Kier alpha value is -1.14. The molecule has 6 heteroatoms. The van der Waals surface area contributed by atoms with Gasteiger partial charge in [-0.2, -0.15) is 0 Å². The van der Waals surface area contributed by atoms with Crippen LogP contribution in [0.5, 0.6) is 0 Å². The van der Waals surface area contributed by atoms with Crippen molar-refractivity contribution in [3.8, 4) is 0 Å². The normalized spacial score (nSPS) is 10.5. The second kappa shape index (κ2) is 7.19. The van der Waals surface area contributed by atoms with Gasteiger partial charge in [0.2, 0.25) is 5.89 Å². The number of anilines is 1. The van der Waals surface area contributed by atoms with Gasteiger partial charge in [0, 0.05) is 19.8 Å². The fourth-order valence-electron chi connectivity index (χ4n) is 1.06. The highest BCUT2D eigenvalue weighted by Crippen LogP contribution is 2.04. The van der Waals surface area contributed by atoms with Gasteiger partial charge in [0.1, 0.15) is 0 Å². The second-order valence-electron chi connectivity index (χ2n) is 3.01. The minimum atomic E-state index is 0.469. The van der Waals surface area contributed by atoms with Crippen molar-refractivity contribution in [1.82, 2.24) is 15.5 Å². The van der Waals surface area contributed by atoms with E-state index in [0.29, 0.717) is 18.5 Å². The summed E-state index contributed by atoms with van der Waals surface area (Å²) in [4.78, 5) is 0. The molecule has 6 nitrogen and oxygen atoms in total. The van der Waals surface area contributed by atoms with Gasteiger partial charge in [0.05, 0.1) is 6.54 Å². The van der Waals surface area contributed by atoms with E-state index in [9.17, 15) is 0 Å². The van der Waals surface area contributed by atoms with Gasteiger partial charge in [-0.25, -0.2) is 0 Å². The van der Waals surface area contributed by atoms with Crippen molar-refractivity contribution in [2.75, 3.05) is 32.1 Å². The number of hydrogen-bond acceptors (Lipinski definition) is 6. The molecule has 15 heavy (non-hydrogen) atoms. The van der Waals surface area contributed by atoms with Crippen LogP contribution < -0.4 is 10.6 Å². The summed E-state index contributed by atoms with van der Waals surface area (Å²) >= 11 is 0. The van der Waals surface area contributed by atoms with Gasteiger partial charge in [0.15, 0.2) is 0 Å². The Labute approximate surface area is 89.4 Å². The molecule has 2 N–H and O–H groups in total. The van der Waals surface area contributed by atoms with Gasteiger partial charge in [-0.05, 0) is 20.4 Å². The van der Waals surface area contributed by atoms with Crippen LogP contribution in [-0.4, -0.2) is 37.0 Å². The lowest BCUT2D eigenvalue weighted by Crippen LogP contribution is -2.06. The van der Waals surface area contributed by atoms with E-state index in [1.165, 1.54) is 0 Å². The Balaban J connectivity index is 2.14. The van der Waals surface area contributed by atoms with E-state index in [1.807, 2.05) is 14.0 Å². The number of hydrogen-bond donors (Lipinski definition) is 2. The van der Waals surface area contributed by atoms with E-state index in [-0.39, 0.29) is 0 Å². The van der Waals surface area contributed by atoms with Crippen molar-refractivity contribution in [3.63, 3.8) is 0 Å². The highest BCUT2D eigenvalue weighted by atomic mass is 16.5. The average Bonchev–Trinajstić information content (AvgIpc) is 2.66. The smallest absolute Gasteiger partial charge is 0.315 e. The maximum absolute atomic E-state index is 5.29. The number of nitrogens with zero attached hydrogens (tertiary/aromatic N) is 2. The van der Waals surface area contributed by atoms with Crippen molar-refractivity contribution >= 4 is 6.01 Å². The molecule has 1 heterocycles. The summed E-state index contributed by atoms with van der Waals surface area (Å²) in [5, 5.41) is 13.7. The van der Waals surface area contributed by atoms with E-state index in [2.05, 4.69) is 20.8 Å². The lowest BCUT2D eigenvalue weighted by Gasteiger charge is -2.01. The lowest BCUT2D eigenvalue weighted by molar-refractivity contribution is 0.147. The first-order valence-corrected chi connectivity index (χ1v) is 5.15. The molecule has 0 unspecified atom stereocenters. The summed E-state index contributed by atoms with van der Waals surface area (Å²) in [6.07, 6.45) is 0.928. The predicted octanol–water partition coefficient (Wildman–Crippen LogP) is 0.627. The quantitative estimate of drug-likeness (QED) is 0.618.